The minimum Gasteiger partial charge on any atom is -0.384 e. The molecule has 0 unspecified atom stereocenters. The second kappa shape index (κ2) is 4.96. The molecule has 2 aromatic rings. The highest BCUT2D eigenvalue weighted by Crippen LogP contribution is 2.25. The predicted molar refractivity (Wildman–Crippen MR) is 77.0 cm³/mol. The van der Waals surface area contributed by atoms with Gasteiger partial charge in [-0.2, -0.15) is 11.3 Å². The number of rotatable bonds is 4. The van der Waals surface area contributed by atoms with Crippen LogP contribution in [0.5, 0.6) is 0 Å². The molecule has 0 aliphatic carbocycles. The van der Waals surface area contributed by atoms with E-state index in [2.05, 4.69) is 10.0 Å². The van der Waals surface area contributed by atoms with Crippen molar-refractivity contribution in [3.63, 3.8) is 0 Å². The van der Waals surface area contributed by atoms with Gasteiger partial charge < -0.3 is 5.32 Å². The number of hydrogen-bond acceptors (Lipinski definition) is 4. The van der Waals surface area contributed by atoms with Gasteiger partial charge in [0.2, 0.25) is 10.0 Å². The van der Waals surface area contributed by atoms with Crippen LogP contribution in [0.3, 0.4) is 0 Å². The third kappa shape index (κ3) is 2.65. The summed E-state index contributed by atoms with van der Waals surface area (Å²) in [4.78, 5) is 0.316. The maximum absolute atomic E-state index is 12.2. The van der Waals surface area contributed by atoms with Crippen molar-refractivity contribution in [3.8, 4) is 0 Å². The van der Waals surface area contributed by atoms with E-state index in [-0.39, 0.29) is 0 Å². The molecule has 1 aliphatic rings. The largest absolute Gasteiger partial charge is 0.384 e. The number of fused-ring (bicyclic) bond motifs is 1. The Labute approximate surface area is 116 Å². The summed E-state index contributed by atoms with van der Waals surface area (Å²) in [6, 6.07) is 7.17. The van der Waals surface area contributed by atoms with Crippen molar-refractivity contribution in [3.05, 3.63) is 46.2 Å². The van der Waals surface area contributed by atoms with Gasteiger partial charge in [0.05, 0.1) is 4.90 Å². The van der Waals surface area contributed by atoms with Gasteiger partial charge in [-0.15, -0.1) is 0 Å². The van der Waals surface area contributed by atoms with Crippen molar-refractivity contribution >= 4 is 27.0 Å². The lowest BCUT2D eigenvalue weighted by Gasteiger charge is -2.08. The van der Waals surface area contributed by atoms with E-state index in [0.29, 0.717) is 11.4 Å². The van der Waals surface area contributed by atoms with Crippen LogP contribution in [0, 0.1) is 0 Å². The van der Waals surface area contributed by atoms with Crippen molar-refractivity contribution < 1.29 is 8.42 Å². The summed E-state index contributed by atoms with van der Waals surface area (Å²) >= 11 is 1.56. The average molecular weight is 294 g/mol. The molecule has 0 bridgehead atoms. The van der Waals surface area contributed by atoms with E-state index in [0.717, 1.165) is 24.2 Å². The third-order valence-corrected chi connectivity index (χ3v) is 5.28. The van der Waals surface area contributed by atoms with Crippen LogP contribution >= 0.6 is 11.3 Å². The Hall–Kier alpha value is -1.37. The first-order chi connectivity index (χ1) is 9.15. The number of thiophene rings is 1. The second-order valence-electron chi connectivity index (χ2n) is 4.45. The van der Waals surface area contributed by atoms with Gasteiger partial charge in [-0.05, 0) is 46.5 Å². The highest BCUT2D eigenvalue weighted by Gasteiger charge is 2.17. The van der Waals surface area contributed by atoms with Crippen LogP contribution in [-0.2, 0) is 23.0 Å². The molecule has 6 heteroatoms. The Morgan fingerprint density at radius 1 is 1.32 bits per heavy atom. The van der Waals surface area contributed by atoms with Crippen LogP contribution in [0.15, 0.2) is 39.9 Å². The van der Waals surface area contributed by atoms with Crippen LogP contribution in [0.1, 0.15) is 11.1 Å². The van der Waals surface area contributed by atoms with Crippen molar-refractivity contribution in [2.24, 2.45) is 0 Å². The Balaban J connectivity index is 1.80. The zero-order valence-electron chi connectivity index (χ0n) is 10.2. The smallest absolute Gasteiger partial charge is 0.240 e. The molecule has 2 heterocycles. The quantitative estimate of drug-likeness (QED) is 0.909. The Kier molecular flexibility index (Phi) is 3.30. The van der Waals surface area contributed by atoms with Crippen molar-refractivity contribution in [1.82, 2.24) is 4.72 Å². The first-order valence-electron chi connectivity index (χ1n) is 6.03. The zero-order valence-corrected chi connectivity index (χ0v) is 11.9. The Morgan fingerprint density at radius 3 is 3.00 bits per heavy atom. The first kappa shape index (κ1) is 12.7. The third-order valence-electron chi connectivity index (χ3n) is 3.15. The molecule has 0 saturated carbocycles. The van der Waals surface area contributed by atoms with E-state index in [1.165, 1.54) is 5.56 Å². The number of anilines is 1. The fourth-order valence-electron chi connectivity index (χ4n) is 2.09. The second-order valence-corrected chi connectivity index (χ2v) is 7.00. The zero-order chi connectivity index (χ0) is 13.3. The van der Waals surface area contributed by atoms with Gasteiger partial charge in [-0.1, -0.05) is 6.07 Å². The van der Waals surface area contributed by atoms with E-state index in [9.17, 15) is 8.42 Å². The van der Waals surface area contributed by atoms with Crippen LogP contribution in [0.2, 0.25) is 0 Å². The fourth-order valence-corrected chi connectivity index (χ4v) is 3.80. The van der Waals surface area contributed by atoms with Gasteiger partial charge in [0.25, 0.3) is 0 Å². The number of sulfonamides is 1. The molecular weight excluding hydrogens is 280 g/mol. The minimum absolute atomic E-state index is 0.316. The number of benzene rings is 1. The lowest BCUT2D eigenvalue weighted by Crippen LogP contribution is -2.23. The molecule has 3 rings (SSSR count). The van der Waals surface area contributed by atoms with Crippen LogP contribution < -0.4 is 10.0 Å². The molecule has 1 aliphatic heterocycles. The summed E-state index contributed by atoms with van der Waals surface area (Å²) in [5.74, 6) is 0. The average Bonchev–Trinajstić information content (AvgIpc) is 3.06. The van der Waals surface area contributed by atoms with E-state index in [4.69, 9.17) is 0 Å². The summed E-state index contributed by atoms with van der Waals surface area (Å²) in [5.41, 5.74) is 3.09. The summed E-state index contributed by atoms with van der Waals surface area (Å²) in [7, 11) is -3.44. The minimum atomic E-state index is -3.44. The van der Waals surface area contributed by atoms with Crippen LogP contribution in [0.4, 0.5) is 5.69 Å². The first-order valence-corrected chi connectivity index (χ1v) is 8.45. The van der Waals surface area contributed by atoms with Crippen LogP contribution in [0.25, 0.3) is 0 Å². The molecule has 1 aromatic heterocycles. The maximum Gasteiger partial charge on any atom is 0.240 e. The molecule has 0 fully saturated rings. The molecule has 0 radical (unpaired) electrons. The molecule has 0 spiro atoms. The summed E-state index contributed by atoms with van der Waals surface area (Å²) in [6.07, 6.45) is 0.956. The van der Waals surface area contributed by atoms with Crippen molar-refractivity contribution in [2.45, 2.75) is 17.9 Å². The van der Waals surface area contributed by atoms with E-state index in [1.54, 1.807) is 23.5 Å². The van der Waals surface area contributed by atoms with Gasteiger partial charge in [-0.25, -0.2) is 13.1 Å². The molecule has 0 amide bonds. The standard InChI is InChI=1S/C13H14N2O2S2/c16-19(17,15-8-10-4-6-18-9-10)12-2-1-11-3-5-14-13(11)7-12/h1-2,4,6-7,9,14-15H,3,5,8H2. The molecule has 1 aromatic carbocycles. The van der Waals surface area contributed by atoms with Gasteiger partial charge in [0.1, 0.15) is 0 Å². The summed E-state index contributed by atoms with van der Waals surface area (Å²) in [5, 5.41) is 7.06. The highest BCUT2D eigenvalue weighted by molar-refractivity contribution is 7.89. The molecule has 0 saturated heterocycles. The molecule has 0 atom stereocenters. The van der Waals surface area contributed by atoms with Crippen molar-refractivity contribution in [1.29, 1.82) is 0 Å². The molecular formula is C13H14N2O2S2. The predicted octanol–water partition coefficient (Wildman–Crippen LogP) is 2.19. The van der Waals surface area contributed by atoms with Gasteiger partial charge in [0.15, 0.2) is 0 Å². The molecule has 2 N–H and O–H groups in total. The van der Waals surface area contributed by atoms with Crippen LogP contribution in [-0.4, -0.2) is 15.0 Å². The van der Waals surface area contributed by atoms with E-state index in [1.807, 2.05) is 22.9 Å². The number of hydrogen-bond donors (Lipinski definition) is 2. The van der Waals surface area contributed by atoms with E-state index < -0.39 is 10.0 Å². The summed E-state index contributed by atoms with van der Waals surface area (Å²) < 4.78 is 27.0. The highest BCUT2D eigenvalue weighted by atomic mass is 32.2. The van der Waals surface area contributed by atoms with Crippen molar-refractivity contribution in [2.75, 3.05) is 11.9 Å². The van der Waals surface area contributed by atoms with Gasteiger partial charge in [0, 0.05) is 18.8 Å². The lowest BCUT2D eigenvalue weighted by atomic mass is 10.2. The number of nitrogens with one attached hydrogen (secondary N) is 2. The monoisotopic (exact) mass is 294 g/mol. The van der Waals surface area contributed by atoms with E-state index >= 15 is 0 Å². The Morgan fingerprint density at radius 2 is 2.21 bits per heavy atom. The topological polar surface area (TPSA) is 58.2 Å². The maximum atomic E-state index is 12.2. The lowest BCUT2D eigenvalue weighted by molar-refractivity contribution is 0.581. The molecule has 100 valence electrons. The summed E-state index contributed by atoms with van der Waals surface area (Å²) in [6.45, 7) is 1.21. The van der Waals surface area contributed by atoms with Gasteiger partial charge >= 0.3 is 0 Å². The molecule has 4 nitrogen and oxygen atoms in total. The normalized spacial score (nSPS) is 14.1. The Bertz CT molecular complexity index is 679. The fraction of sp³-hybridized carbons (Fsp3) is 0.231. The van der Waals surface area contributed by atoms with Gasteiger partial charge in [-0.3, -0.25) is 0 Å². The molecule has 19 heavy (non-hydrogen) atoms. The SMILES string of the molecule is O=S(=O)(NCc1ccsc1)c1ccc2c(c1)NCC2.